The topological polar surface area (TPSA) is 20.3 Å². The molecule has 1 amide bonds. The molecular formula is C14H26ClNO. The molecule has 0 bridgehead atoms. The van der Waals surface area contributed by atoms with Gasteiger partial charge in [0, 0.05) is 24.9 Å². The Labute approximate surface area is 111 Å². The maximum Gasteiger partial charge on any atom is 0.222 e. The smallest absolute Gasteiger partial charge is 0.222 e. The molecule has 1 fully saturated rings. The molecule has 0 radical (unpaired) electrons. The second kappa shape index (κ2) is 8.79. The summed E-state index contributed by atoms with van der Waals surface area (Å²) >= 11 is 5.87. The lowest BCUT2D eigenvalue weighted by Crippen LogP contribution is -2.36. The van der Waals surface area contributed by atoms with Gasteiger partial charge in [0.1, 0.15) is 0 Å². The fraction of sp³-hybridized carbons (Fsp3) is 0.929. The normalized spacial score (nSPS) is 19.9. The van der Waals surface area contributed by atoms with E-state index in [9.17, 15) is 4.79 Å². The minimum atomic E-state index is 0.309. The van der Waals surface area contributed by atoms with Gasteiger partial charge in [-0.3, -0.25) is 4.79 Å². The Morgan fingerprint density at radius 1 is 1.24 bits per heavy atom. The molecule has 1 atom stereocenters. The summed E-state index contributed by atoms with van der Waals surface area (Å²) in [5, 5.41) is 0. The second-order valence-electron chi connectivity index (χ2n) is 5.06. The molecule has 1 aliphatic rings. The zero-order valence-electron chi connectivity index (χ0n) is 11.1. The highest BCUT2D eigenvalue weighted by Gasteiger charge is 2.27. The fourth-order valence-electron chi connectivity index (χ4n) is 2.52. The van der Waals surface area contributed by atoms with Gasteiger partial charge in [-0.25, -0.2) is 0 Å². The van der Waals surface area contributed by atoms with Crippen LogP contribution in [0.5, 0.6) is 0 Å². The highest BCUT2D eigenvalue weighted by atomic mass is 35.5. The number of halogens is 1. The highest BCUT2D eigenvalue weighted by Crippen LogP contribution is 2.20. The molecule has 1 rings (SSSR count). The Morgan fingerprint density at radius 2 is 1.94 bits per heavy atom. The van der Waals surface area contributed by atoms with Gasteiger partial charge < -0.3 is 4.90 Å². The van der Waals surface area contributed by atoms with Crippen LogP contribution in [0.2, 0.25) is 0 Å². The molecule has 17 heavy (non-hydrogen) atoms. The van der Waals surface area contributed by atoms with Crippen LogP contribution >= 0.6 is 11.6 Å². The van der Waals surface area contributed by atoms with Crippen LogP contribution in [0.25, 0.3) is 0 Å². The van der Waals surface area contributed by atoms with E-state index in [0.29, 0.717) is 17.8 Å². The molecule has 2 nitrogen and oxygen atoms in total. The van der Waals surface area contributed by atoms with E-state index in [1.807, 2.05) is 4.90 Å². The molecule has 0 aliphatic carbocycles. The van der Waals surface area contributed by atoms with Gasteiger partial charge in [-0.1, -0.05) is 39.0 Å². The van der Waals surface area contributed by atoms with E-state index in [1.165, 1.54) is 32.1 Å². The number of hydrogen-bond acceptors (Lipinski definition) is 1. The van der Waals surface area contributed by atoms with Crippen molar-refractivity contribution in [1.82, 2.24) is 4.90 Å². The summed E-state index contributed by atoms with van der Waals surface area (Å²) in [7, 11) is 0. The maximum atomic E-state index is 12.0. The average Bonchev–Trinajstić information content (AvgIpc) is 2.81. The number of unbranched alkanes of at least 4 members (excludes halogenated alkanes) is 5. The first kappa shape index (κ1) is 14.8. The van der Waals surface area contributed by atoms with Crippen molar-refractivity contribution in [3.63, 3.8) is 0 Å². The van der Waals surface area contributed by atoms with Crippen LogP contribution < -0.4 is 0 Å². The van der Waals surface area contributed by atoms with E-state index in [4.69, 9.17) is 11.6 Å². The van der Waals surface area contributed by atoms with Gasteiger partial charge in [-0.2, -0.15) is 0 Å². The van der Waals surface area contributed by atoms with Gasteiger partial charge in [0.15, 0.2) is 0 Å². The highest BCUT2D eigenvalue weighted by molar-refractivity contribution is 6.18. The quantitative estimate of drug-likeness (QED) is 0.477. The second-order valence-corrected chi connectivity index (χ2v) is 5.36. The molecule has 1 unspecified atom stereocenters. The molecule has 0 aromatic heterocycles. The first-order valence-electron chi connectivity index (χ1n) is 7.15. The molecule has 0 aromatic rings. The van der Waals surface area contributed by atoms with Crippen LogP contribution in [0, 0.1) is 0 Å². The molecule has 1 heterocycles. The number of alkyl halides is 1. The van der Waals surface area contributed by atoms with Crippen molar-refractivity contribution in [1.29, 1.82) is 0 Å². The molecule has 0 N–H and O–H groups in total. The van der Waals surface area contributed by atoms with Crippen molar-refractivity contribution in [2.45, 2.75) is 70.8 Å². The van der Waals surface area contributed by atoms with Gasteiger partial charge in [-0.15, -0.1) is 11.6 Å². The third kappa shape index (κ3) is 5.29. The third-order valence-corrected chi connectivity index (χ3v) is 3.98. The van der Waals surface area contributed by atoms with Gasteiger partial charge in [0.2, 0.25) is 5.91 Å². The number of nitrogens with zero attached hydrogens (tertiary/aromatic N) is 1. The van der Waals surface area contributed by atoms with E-state index in [-0.39, 0.29) is 0 Å². The molecule has 0 spiro atoms. The van der Waals surface area contributed by atoms with Crippen molar-refractivity contribution in [3.8, 4) is 0 Å². The largest absolute Gasteiger partial charge is 0.339 e. The fourth-order valence-corrected chi connectivity index (χ4v) is 2.85. The molecule has 100 valence electrons. The summed E-state index contributed by atoms with van der Waals surface area (Å²) < 4.78 is 0. The van der Waals surface area contributed by atoms with Crippen LogP contribution in [0.15, 0.2) is 0 Å². The lowest BCUT2D eigenvalue weighted by molar-refractivity contribution is -0.131. The van der Waals surface area contributed by atoms with E-state index in [0.717, 1.165) is 32.2 Å². The van der Waals surface area contributed by atoms with Crippen molar-refractivity contribution in [2.75, 3.05) is 12.4 Å². The van der Waals surface area contributed by atoms with Crippen LogP contribution in [0.4, 0.5) is 0 Å². The minimum Gasteiger partial charge on any atom is -0.339 e. The zero-order chi connectivity index (χ0) is 12.5. The molecule has 1 aliphatic heterocycles. The predicted molar refractivity (Wildman–Crippen MR) is 73.4 cm³/mol. The first-order chi connectivity index (χ1) is 8.29. The van der Waals surface area contributed by atoms with Gasteiger partial charge >= 0.3 is 0 Å². The Kier molecular flexibility index (Phi) is 7.67. The van der Waals surface area contributed by atoms with Crippen molar-refractivity contribution in [3.05, 3.63) is 0 Å². The Balaban J connectivity index is 2.08. The van der Waals surface area contributed by atoms with Crippen molar-refractivity contribution in [2.24, 2.45) is 0 Å². The van der Waals surface area contributed by atoms with Crippen LogP contribution in [0.3, 0.4) is 0 Å². The lowest BCUT2D eigenvalue weighted by atomic mass is 10.1. The SMILES string of the molecule is CCCCCCCCC(=O)N1CCCC1CCl. The summed E-state index contributed by atoms with van der Waals surface area (Å²) in [6.45, 7) is 3.15. The van der Waals surface area contributed by atoms with E-state index in [1.54, 1.807) is 0 Å². The lowest BCUT2D eigenvalue weighted by Gasteiger charge is -2.22. The Hall–Kier alpha value is -0.240. The van der Waals surface area contributed by atoms with Gasteiger partial charge in [0.05, 0.1) is 0 Å². The first-order valence-corrected chi connectivity index (χ1v) is 7.68. The summed E-state index contributed by atoms with van der Waals surface area (Å²) in [6, 6.07) is 0.309. The average molecular weight is 260 g/mol. The van der Waals surface area contributed by atoms with Crippen LogP contribution in [0.1, 0.15) is 64.7 Å². The number of carbonyl (C=O) groups is 1. The predicted octanol–water partition coefficient (Wildman–Crippen LogP) is 3.97. The number of amides is 1. The minimum absolute atomic E-state index is 0.309. The number of rotatable bonds is 8. The standard InChI is InChI=1S/C14H26ClNO/c1-2-3-4-5-6-7-10-14(17)16-11-8-9-13(16)12-15/h13H,2-12H2,1H3. The Morgan fingerprint density at radius 3 is 2.65 bits per heavy atom. The number of likely N-dealkylation sites (tertiary alicyclic amines) is 1. The van der Waals surface area contributed by atoms with Crippen molar-refractivity contribution < 1.29 is 4.79 Å². The maximum absolute atomic E-state index is 12.0. The van der Waals surface area contributed by atoms with Gasteiger partial charge in [0.25, 0.3) is 0 Å². The van der Waals surface area contributed by atoms with Gasteiger partial charge in [-0.05, 0) is 19.3 Å². The summed E-state index contributed by atoms with van der Waals surface area (Å²) in [6.07, 6.45) is 10.4. The summed E-state index contributed by atoms with van der Waals surface area (Å²) in [5.74, 6) is 0.922. The molecule has 0 aromatic carbocycles. The third-order valence-electron chi connectivity index (χ3n) is 3.62. The molecule has 3 heteroatoms. The van der Waals surface area contributed by atoms with E-state index >= 15 is 0 Å². The Bertz CT molecular complexity index is 220. The van der Waals surface area contributed by atoms with Crippen molar-refractivity contribution >= 4 is 17.5 Å². The monoisotopic (exact) mass is 259 g/mol. The summed E-state index contributed by atoms with van der Waals surface area (Å²) in [5.41, 5.74) is 0. The zero-order valence-corrected chi connectivity index (χ0v) is 11.8. The number of hydrogen-bond donors (Lipinski definition) is 0. The summed E-state index contributed by atoms with van der Waals surface area (Å²) in [4.78, 5) is 14.0. The van der Waals surface area contributed by atoms with E-state index in [2.05, 4.69) is 6.92 Å². The number of carbonyl (C=O) groups excluding carboxylic acids is 1. The molecular weight excluding hydrogens is 234 g/mol. The van der Waals surface area contributed by atoms with Crippen LogP contribution in [-0.2, 0) is 4.79 Å². The van der Waals surface area contributed by atoms with Crippen LogP contribution in [-0.4, -0.2) is 29.3 Å². The van der Waals surface area contributed by atoms with E-state index < -0.39 is 0 Å². The molecule has 1 saturated heterocycles. The molecule has 0 saturated carbocycles.